The molecule has 0 aliphatic carbocycles. The molecule has 1 heterocycles. The van der Waals surface area contributed by atoms with Crippen molar-refractivity contribution < 1.29 is 4.74 Å². The fourth-order valence-corrected chi connectivity index (χ4v) is 3.93. The first kappa shape index (κ1) is 13.6. The molecular formula is C14H22N2OS. The van der Waals surface area contributed by atoms with Crippen molar-refractivity contribution in [3.05, 3.63) is 23.8 Å². The SMILES string of the molecule is COc1cc(N)ccc1CN1CC(C)SC(C)C1. The minimum absolute atomic E-state index is 0.702. The Kier molecular flexibility index (Phi) is 4.40. The number of hydrogen-bond donors (Lipinski definition) is 1. The van der Waals surface area contributed by atoms with Crippen LogP contribution in [0, 0.1) is 0 Å². The lowest BCUT2D eigenvalue weighted by Crippen LogP contribution is -2.39. The van der Waals surface area contributed by atoms with Crippen molar-refractivity contribution in [2.45, 2.75) is 30.9 Å². The number of ether oxygens (including phenoxy) is 1. The molecule has 0 bridgehead atoms. The number of thioether (sulfide) groups is 1. The van der Waals surface area contributed by atoms with Gasteiger partial charge in [0, 0.05) is 47.5 Å². The van der Waals surface area contributed by atoms with Crippen molar-refractivity contribution in [3.63, 3.8) is 0 Å². The number of anilines is 1. The van der Waals surface area contributed by atoms with Crippen LogP contribution in [0.3, 0.4) is 0 Å². The number of nitrogens with two attached hydrogens (primary N) is 1. The molecule has 1 aromatic carbocycles. The van der Waals surface area contributed by atoms with Crippen LogP contribution in [-0.4, -0.2) is 35.6 Å². The van der Waals surface area contributed by atoms with Crippen LogP contribution >= 0.6 is 11.8 Å². The molecule has 0 amide bonds. The van der Waals surface area contributed by atoms with E-state index in [2.05, 4.69) is 36.6 Å². The number of rotatable bonds is 3. The standard InChI is InChI=1S/C14H22N2OS/c1-10-7-16(8-11(2)18-10)9-12-4-5-13(15)6-14(12)17-3/h4-6,10-11H,7-9,15H2,1-3H3. The Hall–Kier alpha value is -0.870. The van der Waals surface area contributed by atoms with E-state index >= 15 is 0 Å². The molecule has 2 unspecified atom stereocenters. The third-order valence-electron chi connectivity index (χ3n) is 3.20. The van der Waals surface area contributed by atoms with Gasteiger partial charge in [-0.1, -0.05) is 19.9 Å². The van der Waals surface area contributed by atoms with Gasteiger partial charge in [-0.2, -0.15) is 11.8 Å². The topological polar surface area (TPSA) is 38.5 Å². The van der Waals surface area contributed by atoms with Crippen LogP contribution in [0.15, 0.2) is 18.2 Å². The minimum atomic E-state index is 0.702. The van der Waals surface area contributed by atoms with Crippen molar-refractivity contribution >= 4 is 17.4 Å². The second-order valence-corrected chi connectivity index (χ2v) is 6.90. The Labute approximate surface area is 114 Å². The van der Waals surface area contributed by atoms with Crippen molar-refractivity contribution in [2.24, 2.45) is 0 Å². The third kappa shape index (κ3) is 3.33. The van der Waals surface area contributed by atoms with Crippen molar-refractivity contribution in [1.29, 1.82) is 0 Å². The number of hydrogen-bond acceptors (Lipinski definition) is 4. The van der Waals surface area contributed by atoms with Crippen LogP contribution in [0.2, 0.25) is 0 Å². The van der Waals surface area contributed by atoms with E-state index in [1.165, 1.54) is 5.56 Å². The molecule has 0 aromatic heterocycles. The van der Waals surface area contributed by atoms with Gasteiger partial charge in [0.05, 0.1) is 7.11 Å². The summed E-state index contributed by atoms with van der Waals surface area (Å²) < 4.78 is 5.41. The van der Waals surface area contributed by atoms with E-state index in [0.29, 0.717) is 10.5 Å². The van der Waals surface area contributed by atoms with Gasteiger partial charge in [-0.3, -0.25) is 4.90 Å². The van der Waals surface area contributed by atoms with Gasteiger partial charge >= 0.3 is 0 Å². The molecule has 1 aromatic rings. The lowest BCUT2D eigenvalue weighted by Gasteiger charge is -2.34. The second kappa shape index (κ2) is 5.85. The van der Waals surface area contributed by atoms with E-state index in [9.17, 15) is 0 Å². The molecule has 1 saturated heterocycles. The maximum atomic E-state index is 5.78. The number of methoxy groups -OCH3 is 1. The largest absolute Gasteiger partial charge is 0.496 e. The zero-order chi connectivity index (χ0) is 13.1. The molecule has 2 rings (SSSR count). The summed E-state index contributed by atoms with van der Waals surface area (Å²) in [5.74, 6) is 0.897. The summed E-state index contributed by atoms with van der Waals surface area (Å²) in [6.07, 6.45) is 0. The van der Waals surface area contributed by atoms with E-state index in [-0.39, 0.29) is 0 Å². The molecule has 2 atom stereocenters. The summed E-state index contributed by atoms with van der Waals surface area (Å²) in [7, 11) is 1.70. The molecule has 0 saturated carbocycles. The first-order chi connectivity index (χ1) is 8.58. The Morgan fingerprint density at radius 2 is 2.00 bits per heavy atom. The van der Waals surface area contributed by atoms with Gasteiger partial charge < -0.3 is 10.5 Å². The van der Waals surface area contributed by atoms with Crippen LogP contribution in [0.5, 0.6) is 5.75 Å². The number of benzene rings is 1. The van der Waals surface area contributed by atoms with Crippen molar-refractivity contribution in [3.8, 4) is 5.75 Å². The van der Waals surface area contributed by atoms with Gasteiger partial charge in [-0.25, -0.2) is 0 Å². The minimum Gasteiger partial charge on any atom is -0.496 e. The highest BCUT2D eigenvalue weighted by atomic mass is 32.2. The Morgan fingerprint density at radius 1 is 1.33 bits per heavy atom. The van der Waals surface area contributed by atoms with Gasteiger partial charge in [-0.15, -0.1) is 0 Å². The molecule has 100 valence electrons. The highest BCUT2D eigenvalue weighted by Crippen LogP contribution is 2.28. The van der Waals surface area contributed by atoms with Crippen molar-refractivity contribution in [1.82, 2.24) is 4.90 Å². The Morgan fingerprint density at radius 3 is 2.61 bits per heavy atom. The van der Waals surface area contributed by atoms with E-state index in [4.69, 9.17) is 10.5 Å². The highest BCUT2D eigenvalue weighted by Gasteiger charge is 2.22. The van der Waals surface area contributed by atoms with Crippen molar-refractivity contribution in [2.75, 3.05) is 25.9 Å². The highest BCUT2D eigenvalue weighted by molar-refractivity contribution is 8.00. The molecule has 3 nitrogen and oxygen atoms in total. The molecule has 0 spiro atoms. The Bertz CT molecular complexity index is 401. The van der Waals surface area contributed by atoms with Gasteiger partial charge in [0.1, 0.15) is 5.75 Å². The van der Waals surface area contributed by atoms with E-state index < -0.39 is 0 Å². The Balaban J connectivity index is 2.08. The van der Waals surface area contributed by atoms with Gasteiger partial charge in [0.2, 0.25) is 0 Å². The maximum absolute atomic E-state index is 5.78. The molecule has 1 aliphatic heterocycles. The smallest absolute Gasteiger partial charge is 0.125 e. The summed E-state index contributed by atoms with van der Waals surface area (Å²) in [5, 5.41) is 1.40. The molecular weight excluding hydrogens is 244 g/mol. The predicted molar refractivity (Wildman–Crippen MR) is 79.2 cm³/mol. The summed E-state index contributed by atoms with van der Waals surface area (Å²) in [6, 6.07) is 5.93. The van der Waals surface area contributed by atoms with E-state index in [1.54, 1.807) is 7.11 Å². The lowest BCUT2D eigenvalue weighted by molar-refractivity contribution is 0.258. The fourth-order valence-electron chi connectivity index (χ4n) is 2.55. The average molecular weight is 266 g/mol. The summed E-state index contributed by atoms with van der Waals surface area (Å²) in [6.45, 7) is 7.82. The van der Waals surface area contributed by atoms with Crippen LogP contribution < -0.4 is 10.5 Å². The maximum Gasteiger partial charge on any atom is 0.125 e. The van der Waals surface area contributed by atoms with E-state index in [0.717, 1.165) is 31.1 Å². The summed E-state index contributed by atoms with van der Waals surface area (Å²) >= 11 is 2.07. The molecule has 1 aliphatic rings. The molecule has 1 fully saturated rings. The van der Waals surface area contributed by atoms with Crippen LogP contribution in [-0.2, 0) is 6.54 Å². The first-order valence-electron chi connectivity index (χ1n) is 6.38. The zero-order valence-corrected chi connectivity index (χ0v) is 12.2. The van der Waals surface area contributed by atoms with Crippen LogP contribution in [0.4, 0.5) is 5.69 Å². The van der Waals surface area contributed by atoms with Crippen LogP contribution in [0.25, 0.3) is 0 Å². The summed E-state index contributed by atoms with van der Waals surface area (Å²) in [5.41, 5.74) is 7.76. The van der Waals surface area contributed by atoms with Crippen LogP contribution in [0.1, 0.15) is 19.4 Å². The summed E-state index contributed by atoms with van der Waals surface area (Å²) in [4.78, 5) is 2.50. The first-order valence-corrected chi connectivity index (χ1v) is 7.33. The number of nitrogen functional groups attached to an aromatic ring is 1. The predicted octanol–water partition coefficient (Wildman–Crippen LogP) is 2.60. The van der Waals surface area contributed by atoms with Gasteiger partial charge in [0.25, 0.3) is 0 Å². The molecule has 18 heavy (non-hydrogen) atoms. The fraction of sp³-hybridized carbons (Fsp3) is 0.571. The number of nitrogens with zero attached hydrogens (tertiary/aromatic N) is 1. The van der Waals surface area contributed by atoms with Gasteiger partial charge in [-0.05, 0) is 6.07 Å². The van der Waals surface area contributed by atoms with Gasteiger partial charge in [0.15, 0.2) is 0 Å². The monoisotopic (exact) mass is 266 g/mol. The quantitative estimate of drug-likeness (QED) is 0.854. The van der Waals surface area contributed by atoms with E-state index in [1.807, 2.05) is 12.1 Å². The average Bonchev–Trinajstić information content (AvgIpc) is 2.30. The third-order valence-corrected chi connectivity index (χ3v) is 4.43. The zero-order valence-electron chi connectivity index (χ0n) is 11.3. The molecule has 2 N–H and O–H groups in total. The molecule has 0 radical (unpaired) electrons. The molecule has 4 heteroatoms. The normalized spacial score (nSPS) is 25.1. The lowest BCUT2D eigenvalue weighted by atomic mass is 10.1. The second-order valence-electron chi connectivity index (χ2n) is 5.02.